The van der Waals surface area contributed by atoms with Gasteiger partial charge in [0.25, 0.3) is 17.9 Å². The second-order valence-corrected chi connectivity index (χ2v) is 2.74. The SMILES string of the molecule is NC(=O)C1Oc2cccnc2NC1=O. The zero-order valence-electron chi connectivity index (χ0n) is 7.06. The molecule has 0 bridgehead atoms. The molecule has 0 aromatic carbocycles. The van der Waals surface area contributed by atoms with Crippen LogP contribution in [0.15, 0.2) is 18.3 Å². The second kappa shape index (κ2) is 2.99. The Morgan fingerprint density at radius 2 is 2.43 bits per heavy atom. The Labute approximate surface area is 79.1 Å². The van der Waals surface area contributed by atoms with Gasteiger partial charge in [0.15, 0.2) is 11.6 Å². The summed E-state index contributed by atoms with van der Waals surface area (Å²) in [6, 6.07) is 3.23. The summed E-state index contributed by atoms with van der Waals surface area (Å²) in [6.07, 6.45) is 0.235. The molecule has 0 radical (unpaired) electrons. The molecule has 1 aliphatic rings. The monoisotopic (exact) mass is 193 g/mol. The van der Waals surface area contributed by atoms with Crippen LogP contribution in [0.4, 0.5) is 5.82 Å². The molecule has 1 atom stereocenters. The van der Waals surface area contributed by atoms with E-state index in [-0.39, 0.29) is 0 Å². The maximum Gasteiger partial charge on any atom is 0.276 e. The van der Waals surface area contributed by atoms with Crippen molar-refractivity contribution in [3.05, 3.63) is 18.3 Å². The molecule has 6 nitrogen and oxygen atoms in total. The van der Waals surface area contributed by atoms with E-state index in [0.717, 1.165) is 0 Å². The van der Waals surface area contributed by atoms with Crippen molar-refractivity contribution in [2.75, 3.05) is 5.32 Å². The molecule has 0 saturated heterocycles. The number of hydrogen-bond acceptors (Lipinski definition) is 4. The van der Waals surface area contributed by atoms with E-state index >= 15 is 0 Å². The van der Waals surface area contributed by atoms with Crippen LogP contribution >= 0.6 is 0 Å². The first-order valence-corrected chi connectivity index (χ1v) is 3.90. The number of primary amides is 1. The summed E-state index contributed by atoms with van der Waals surface area (Å²) in [7, 11) is 0. The van der Waals surface area contributed by atoms with Gasteiger partial charge in [-0.3, -0.25) is 9.59 Å². The summed E-state index contributed by atoms with van der Waals surface area (Å²) < 4.78 is 5.06. The topological polar surface area (TPSA) is 94.3 Å². The second-order valence-electron chi connectivity index (χ2n) is 2.74. The number of nitrogens with one attached hydrogen (secondary N) is 1. The van der Waals surface area contributed by atoms with Crippen LogP contribution in [0.1, 0.15) is 0 Å². The molecule has 14 heavy (non-hydrogen) atoms. The Hall–Kier alpha value is -2.11. The predicted octanol–water partition coefficient (Wildman–Crippen LogP) is -0.734. The zero-order chi connectivity index (χ0) is 10.1. The number of aromatic nitrogens is 1. The van der Waals surface area contributed by atoms with Gasteiger partial charge < -0.3 is 15.8 Å². The van der Waals surface area contributed by atoms with Crippen molar-refractivity contribution in [2.45, 2.75) is 6.10 Å². The van der Waals surface area contributed by atoms with Gasteiger partial charge in [-0.05, 0) is 12.1 Å². The third kappa shape index (κ3) is 1.26. The zero-order valence-corrected chi connectivity index (χ0v) is 7.06. The summed E-state index contributed by atoms with van der Waals surface area (Å²) in [5.74, 6) is -0.772. The van der Waals surface area contributed by atoms with Crippen molar-refractivity contribution < 1.29 is 14.3 Å². The lowest BCUT2D eigenvalue weighted by atomic mass is 10.2. The van der Waals surface area contributed by atoms with Gasteiger partial charge in [0, 0.05) is 6.20 Å². The summed E-state index contributed by atoms with van der Waals surface area (Å²) in [5, 5.41) is 2.42. The highest BCUT2D eigenvalue weighted by Crippen LogP contribution is 2.25. The van der Waals surface area contributed by atoms with Gasteiger partial charge in [-0.15, -0.1) is 0 Å². The van der Waals surface area contributed by atoms with Crippen LogP contribution in [-0.4, -0.2) is 22.9 Å². The molecule has 0 fully saturated rings. The molecule has 2 rings (SSSR count). The average Bonchev–Trinajstić information content (AvgIpc) is 2.16. The molecule has 1 aromatic rings. The molecule has 0 spiro atoms. The van der Waals surface area contributed by atoms with Crippen molar-refractivity contribution in [1.29, 1.82) is 0 Å². The molecule has 1 unspecified atom stereocenters. The number of hydrogen-bond donors (Lipinski definition) is 2. The summed E-state index contributed by atoms with van der Waals surface area (Å²) >= 11 is 0. The molecule has 1 aromatic heterocycles. The lowest BCUT2D eigenvalue weighted by molar-refractivity contribution is -0.135. The van der Waals surface area contributed by atoms with Crippen LogP contribution in [0.2, 0.25) is 0 Å². The van der Waals surface area contributed by atoms with Crippen molar-refractivity contribution in [2.24, 2.45) is 5.73 Å². The van der Waals surface area contributed by atoms with Crippen LogP contribution in [0.3, 0.4) is 0 Å². The predicted molar refractivity (Wildman–Crippen MR) is 46.5 cm³/mol. The minimum absolute atomic E-state index is 0.301. The van der Waals surface area contributed by atoms with E-state index in [0.29, 0.717) is 11.6 Å². The number of anilines is 1. The number of carbonyl (C=O) groups excluding carboxylic acids is 2. The number of carbonyl (C=O) groups is 2. The van der Waals surface area contributed by atoms with Crippen LogP contribution in [0.25, 0.3) is 0 Å². The van der Waals surface area contributed by atoms with Crippen molar-refractivity contribution in [3.63, 3.8) is 0 Å². The van der Waals surface area contributed by atoms with Gasteiger partial charge >= 0.3 is 0 Å². The molecule has 6 heteroatoms. The van der Waals surface area contributed by atoms with Crippen LogP contribution < -0.4 is 15.8 Å². The third-order valence-electron chi connectivity index (χ3n) is 1.75. The molecule has 72 valence electrons. The lowest BCUT2D eigenvalue weighted by Gasteiger charge is -2.22. The Balaban J connectivity index is 2.36. The first-order chi connectivity index (χ1) is 6.68. The molecular formula is C8H7N3O3. The molecule has 1 aliphatic heterocycles. The third-order valence-corrected chi connectivity index (χ3v) is 1.75. The molecule has 0 saturated carbocycles. The van der Waals surface area contributed by atoms with Crippen LogP contribution in [0, 0.1) is 0 Å². The lowest BCUT2D eigenvalue weighted by Crippen LogP contribution is -2.46. The van der Waals surface area contributed by atoms with Gasteiger partial charge in [0.05, 0.1) is 0 Å². The Morgan fingerprint density at radius 1 is 1.64 bits per heavy atom. The fourth-order valence-corrected chi connectivity index (χ4v) is 1.13. The number of pyridine rings is 1. The largest absolute Gasteiger partial charge is 0.467 e. The van der Waals surface area contributed by atoms with Crippen molar-refractivity contribution >= 4 is 17.6 Å². The van der Waals surface area contributed by atoms with Crippen molar-refractivity contribution in [1.82, 2.24) is 4.98 Å². The van der Waals surface area contributed by atoms with E-state index in [4.69, 9.17) is 10.5 Å². The average molecular weight is 193 g/mol. The van der Waals surface area contributed by atoms with Gasteiger partial charge in [0.1, 0.15) is 0 Å². The maximum atomic E-state index is 11.2. The molecule has 0 aliphatic carbocycles. The first-order valence-electron chi connectivity index (χ1n) is 3.90. The highest BCUT2D eigenvalue weighted by Gasteiger charge is 2.32. The summed E-state index contributed by atoms with van der Waals surface area (Å²) in [5.41, 5.74) is 4.97. The van der Waals surface area contributed by atoms with Gasteiger partial charge in [-0.1, -0.05) is 0 Å². The van der Waals surface area contributed by atoms with Gasteiger partial charge in [-0.2, -0.15) is 0 Å². The van der Waals surface area contributed by atoms with E-state index in [2.05, 4.69) is 10.3 Å². The highest BCUT2D eigenvalue weighted by atomic mass is 16.5. The highest BCUT2D eigenvalue weighted by molar-refractivity contribution is 6.10. The number of rotatable bonds is 1. The van der Waals surface area contributed by atoms with E-state index in [9.17, 15) is 9.59 Å². The quantitative estimate of drug-likeness (QED) is 0.574. The number of amides is 2. The Bertz CT molecular complexity index is 405. The molecule has 2 heterocycles. The van der Waals surface area contributed by atoms with Crippen LogP contribution in [-0.2, 0) is 9.59 Å². The molecule has 2 amide bonds. The maximum absolute atomic E-state index is 11.2. The van der Waals surface area contributed by atoms with Gasteiger partial charge in [-0.25, -0.2) is 4.98 Å². The minimum Gasteiger partial charge on any atom is -0.467 e. The van der Waals surface area contributed by atoms with Crippen LogP contribution in [0.5, 0.6) is 5.75 Å². The first kappa shape index (κ1) is 8.49. The van der Waals surface area contributed by atoms with E-state index < -0.39 is 17.9 Å². The summed E-state index contributed by atoms with van der Waals surface area (Å²) in [6.45, 7) is 0. The number of fused-ring (bicyclic) bond motifs is 1. The minimum atomic E-state index is -1.27. The van der Waals surface area contributed by atoms with E-state index in [1.807, 2.05) is 0 Å². The van der Waals surface area contributed by atoms with Crippen molar-refractivity contribution in [3.8, 4) is 5.75 Å². The smallest absolute Gasteiger partial charge is 0.276 e. The fourth-order valence-electron chi connectivity index (χ4n) is 1.13. The van der Waals surface area contributed by atoms with E-state index in [1.54, 1.807) is 12.1 Å². The normalized spacial score (nSPS) is 19.1. The Kier molecular flexibility index (Phi) is 1.81. The Morgan fingerprint density at radius 3 is 3.14 bits per heavy atom. The van der Waals surface area contributed by atoms with E-state index in [1.165, 1.54) is 6.20 Å². The molecular weight excluding hydrogens is 186 g/mol. The molecule has 3 N–H and O–H groups in total. The van der Waals surface area contributed by atoms with Gasteiger partial charge in [0.2, 0.25) is 0 Å². The number of ether oxygens (including phenoxy) is 1. The standard InChI is InChI=1S/C8H7N3O3/c9-6(12)5-8(13)11-7-4(14-5)2-1-3-10-7/h1-3,5H,(H2,9,12)(H,10,11,13). The number of nitrogens with zero attached hydrogens (tertiary/aromatic N) is 1. The fraction of sp³-hybridized carbons (Fsp3) is 0.125. The summed E-state index contributed by atoms with van der Waals surface area (Å²) in [4.78, 5) is 25.9. The number of nitrogens with two attached hydrogens (primary N) is 1.